The topological polar surface area (TPSA) is 54.9 Å². The predicted octanol–water partition coefficient (Wildman–Crippen LogP) is 4.27. The van der Waals surface area contributed by atoms with E-state index in [0.717, 1.165) is 10.2 Å². The average Bonchev–Trinajstić information content (AvgIpc) is 2.59. The van der Waals surface area contributed by atoms with Crippen LogP contribution in [0.5, 0.6) is 11.5 Å². The molecule has 7 heteroatoms. The standard InChI is InChI=1S/C17H20BrN3O2.HI/c1-19-17(20-11-12-4-6-13(18)7-5-12)21-14-8-9-15(22-2)16(10-14)23-3;/h4-10H,11H2,1-3H3,(H2,19,20,21);1H. The zero-order valence-electron chi connectivity index (χ0n) is 13.8. The van der Waals surface area contributed by atoms with Gasteiger partial charge in [-0.25, -0.2) is 0 Å². The smallest absolute Gasteiger partial charge is 0.195 e. The van der Waals surface area contributed by atoms with Crippen molar-refractivity contribution in [1.82, 2.24) is 5.32 Å². The Morgan fingerprint density at radius 3 is 2.29 bits per heavy atom. The molecule has 0 aliphatic carbocycles. The summed E-state index contributed by atoms with van der Waals surface area (Å²) in [6, 6.07) is 13.8. The minimum Gasteiger partial charge on any atom is -0.493 e. The van der Waals surface area contributed by atoms with Gasteiger partial charge in [-0.05, 0) is 29.8 Å². The van der Waals surface area contributed by atoms with Crippen molar-refractivity contribution < 1.29 is 9.47 Å². The van der Waals surface area contributed by atoms with Crippen LogP contribution in [0.1, 0.15) is 5.56 Å². The summed E-state index contributed by atoms with van der Waals surface area (Å²) in [6.07, 6.45) is 0. The summed E-state index contributed by atoms with van der Waals surface area (Å²) in [5.74, 6) is 2.04. The first-order valence-corrected chi connectivity index (χ1v) is 7.89. The van der Waals surface area contributed by atoms with Gasteiger partial charge in [-0.15, -0.1) is 24.0 Å². The van der Waals surface area contributed by atoms with Crippen molar-refractivity contribution in [3.8, 4) is 11.5 Å². The van der Waals surface area contributed by atoms with Gasteiger partial charge in [0.15, 0.2) is 17.5 Å². The number of halogens is 2. The quantitative estimate of drug-likeness (QED) is 0.362. The lowest BCUT2D eigenvalue weighted by Gasteiger charge is -2.14. The number of aliphatic imine (C=N–C) groups is 1. The van der Waals surface area contributed by atoms with Gasteiger partial charge in [0.1, 0.15) is 0 Å². The Hall–Kier alpha value is -1.48. The van der Waals surface area contributed by atoms with Crippen molar-refractivity contribution in [2.24, 2.45) is 4.99 Å². The molecule has 0 aliphatic heterocycles. The number of guanidine groups is 1. The summed E-state index contributed by atoms with van der Waals surface area (Å²) < 4.78 is 11.6. The third-order valence-electron chi connectivity index (χ3n) is 3.24. The zero-order chi connectivity index (χ0) is 16.7. The number of rotatable bonds is 5. The second-order valence-corrected chi connectivity index (χ2v) is 5.66. The molecule has 0 aromatic heterocycles. The van der Waals surface area contributed by atoms with E-state index in [9.17, 15) is 0 Å². The lowest BCUT2D eigenvalue weighted by Crippen LogP contribution is -2.30. The summed E-state index contributed by atoms with van der Waals surface area (Å²) in [5, 5.41) is 6.50. The lowest BCUT2D eigenvalue weighted by atomic mass is 10.2. The molecule has 0 atom stereocenters. The minimum atomic E-state index is 0. The summed E-state index contributed by atoms with van der Waals surface area (Å²) in [4.78, 5) is 4.23. The van der Waals surface area contributed by atoms with Crippen LogP contribution in [0, 0.1) is 0 Å². The van der Waals surface area contributed by atoms with Gasteiger partial charge in [-0.3, -0.25) is 4.99 Å². The van der Waals surface area contributed by atoms with E-state index in [-0.39, 0.29) is 24.0 Å². The van der Waals surface area contributed by atoms with Gasteiger partial charge < -0.3 is 20.1 Å². The molecular formula is C17H21BrIN3O2. The zero-order valence-corrected chi connectivity index (χ0v) is 17.7. The Balaban J connectivity index is 0.00000288. The number of methoxy groups -OCH3 is 2. The highest BCUT2D eigenvalue weighted by molar-refractivity contribution is 14.0. The number of ether oxygens (including phenoxy) is 2. The van der Waals surface area contributed by atoms with E-state index in [1.165, 1.54) is 5.56 Å². The monoisotopic (exact) mass is 505 g/mol. The number of hydrogen-bond donors (Lipinski definition) is 2. The molecule has 0 unspecified atom stereocenters. The molecule has 24 heavy (non-hydrogen) atoms. The van der Waals surface area contributed by atoms with E-state index in [1.54, 1.807) is 21.3 Å². The SMILES string of the molecule is CN=C(NCc1ccc(Br)cc1)Nc1ccc(OC)c(OC)c1.I. The third-order valence-corrected chi connectivity index (χ3v) is 3.77. The van der Waals surface area contributed by atoms with E-state index in [1.807, 2.05) is 30.3 Å². The molecule has 2 rings (SSSR count). The first-order valence-electron chi connectivity index (χ1n) is 7.10. The second-order valence-electron chi connectivity index (χ2n) is 4.75. The predicted molar refractivity (Wildman–Crippen MR) is 113 cm³/mol. The molecule has 0 aliphatic rings. The van der Waals surface area contributed by atoms with Gasteiger partial charge >= 0.3 is 0 Å². The van der Waals surface area contributed by atoms with E-state index in [2.05, 4.69) is 43.7 Å². The average molecular weight is 506 g/mol. The van der Waals surface area contributed by atoms with Crippen LogP contribution in [-0.2, 0) is 6.54 Å². The molecule has 0 spiro atoms. The summed E-state index contributed by atoms with van der Waals surface area (Å²) >= 11 is 3.43. The fourth-order valence-corrected chi connectivity index (χ4v) is 2.28. The summed E-state index contributed by atoms with van der Waals surface area (Å²) in [7, 11) is 4.96. The fourth-order valence-electron chi connectivity index (χ4n) is 2.02. The van der Waals surface area contributed by atoms with Crippen molar-refractivity contribution in [3.05, 3.63) is 52.5 Å². The molecule has 0 saturated heterocycles. The van der Waals surface area contributed by atoms with E-state index < -0.39 is 0 Å². The molecule has 5 nitrogen and oxygen atoms in total. The highest BCUT2D eigenvalue weighted by Crippen LogP contribution is 2.29. The molecule has 130 valence electrons. The van der Waals surface area contributed by atoms with E-state index in [0.29, 0.717) is 24.0 Å². The van der Waals surface area contributed by atoms with Crippen LogP contribution in [0.3, 0.4) is 0 Å². The Kier molecular flexibility index (Phi) is 8.91. The maximum Gasteiger partial charge on any atom is 0.195 e. The molecule has 2 aromatic rings. The first-order chi connectivity index (χ1) is 11.2. The van der Waals surface area contributed by atoms with Crippen molar-refractivity contribution >= 4 is 51.6 Å². The van der Waals surface area contributed by atoms with Crippen molar-refractivity contribution in [3.63, 3.8) is 0 Å². The van der Waals surface area contributed by atoms with Crippen molar-refractivity contribution in [2.45, 2.75) is 6.54 Å². The molecular weight excluding hydrogens is 485 g/mol. The second kappa shape index (κ2) is 10.4. The van der Waals surface area contributed by atoms with Gasteiger partial charge in [0.25, 0.3) is 0 Å². The third kappa shape index (κ3) is 5.86. The van der Waals surface area contributed by atoms with E-state index in [4.69, 9.17) is 9.47 Å². The molecule has 2 aromatic carbocycles. The Morgan fingerprint density at radius 2 is 1.71 bits per heavy atom. The Bertz CT molecular complexity index is 678. The Morgan fingerprint density at radius 1 is 1.04 bits per heavy atom. The molecule has 2 N–H and O–H groups in total. The van der Waals surface area contributed by atoms with Crippen LogP contribution >= 0.6 is 39.9 Å². The van der Waals surface area contributed by atoms with Crippen molar-refractivity contribution in [2.75, 3.05) is 26.6 Å². The van der Waals surface area contributed by atoms with Gasteiger partial charge in [0.05, 0.1) is 14.2 Å². The maximum atomic E-state index is 5.30. The summed E-state index contributed by atoms with van der Waals surface area (Å²) in [6.45, 7) is 0.681. The summed E-state index contributed by atoms with van der Waals surface area (Å²) in [5.41, 5.74) is 2.04. The number of anilines is 1. The minimum absolute atomic E-state index is 0. The number of benzene rings is 2. The fraction of sp³-hybridized carbons (Fsp3) is 0.235. The molecule has 0 bridgehead atoms. The van der Waals surface area contributed by atoms with E-state index >= 15 is 0 Å². The van der Waals surface area contributed by atoms with Gasteiger partial charge in [0, 0.05) is 29.8 Å². The van der Waals surface area contributed by atoms with Crippen LogP contribution in [0.25, 0.3) is 0 Å². The van der Waals surface area contributed by atoms with Crippen molar-refractivity contribution in [1.29, 1.82) is 0 Å². The van der Waals surface area contributed by atoms with Crippen LogP contribution in [0.4, 0.5) is 5.69 Å². The largest absolute Gasteiger partial charge is 0.493 e. The molecule has 0 saturated carbocycles. The van der Waals surface area contributed by atoms with Crippen LogP contribution in [0.15, 0.2) is 51.9 Å². The molecule has 0 amide bonds. The lowest BCUT2D eigenvalue weighted by molar-refractivity contribution is 0.355. The van der Waals surface area contributed by atoms with Crippen LogP contribution in [0.2, 0.25) is 0 Å². The normalized spacial score (nSPS) is 10.6. The first kappa shape index (κ1) is 20.6. The highest BCUT2D eigenvalue weighted by atomic mass is 127. The van der Waals surface area contributed by atoms with Gasteiger partial charge in [-0.1, -0.05) is 28.1 Å². The molecule has 0 fully saturated rings. The van der Waals surface area contributed by atoms with Gasteiger partial charge in [0.2, 0.25) is 0 Å². The molecule has 0 radical (unpaired) electrons. The van der Waals surface area contributed by atoms with Crippen LogP contribution in [-0.4, -0.2) is 27.2 Å². The maximum absolute atomic E-state index is 5.30. The number of hydrogen-bond acceptors (Lipinski definition) is 3. The molecule has 0 heterocycles. The Labute approximate surface area is 168 Å². The van der Waals surface area contributed by atoms with Gasteiger partial charge in [-0.2, -0.15) is 0 Å². The number of nitrogens with one attached hydrogen (secondary N) is 2. The highest BCUT2D eigenvalue weighted by Gasteiger charge is 2.06. The van der Waals surface area contributed by atoms with Crippen LogP contribution < -0.4 is 20.1 Å². The number of nitrogens with zero attached hydrogens (tertiary/aromatic N) is 1.